The number of hydrogen-bond acceptors (Lipinski definition) is 4. The molecule has 1 aliphatic carbocycles. The highest BCUT2D eigenvalue weighted by atomic mass is 32.2. The van der Waals surface area contributed by atoms with Crippen molar-refractivity contribution in [3.8, 4) is 5.75 Å². The highest BCUT2D eigenvalue weighted by molar-refractivity contribution is 7.86. The molecular weight excluding hydrogens is 314 g/mol. The smallest absolute Gasteiger partial charge is 0.306 e. The van der Waals surface area contributed by atoms with Gasteiger partial charge in [-0.15, -0.1) is 0 Å². The number of rotatable bonds is 7. The summed E-state index contributed by atoms with van der Waals surface area (Å²) in [6, 6.07) is 7.06. The molecule has 23 heavy (non-hydrogen) atoms. The molecule has 0 saturated heterocycles. The lowest BCUT2D eigenvalue weighted by Gasteiger charge is -2.35. The quantitative estimate of drug-likeness (QED) is 0.717. The second-order valence-corrected chi connectivity index (χ2v) is 7.86. The van der Waals surface area contributed by atoms with Crippen LogP contribution in [0.15, 0.2) is 24.3 Å². The molecule has 1 saturated carbocycles. The predicted molar refractivity (Wildman–Crippen MR) is 89.6 cm³/mol. The van der Waals surface area contributed by atoms with Crippen LogP contribution in [0.2, 0.25) is 0 Å². The summed E-state index contributed by atoms with van der Waals surface area (Å²) in [4.78, 5) is 14.5. The highest BCUT2D eigenvalue weighted by Gasteiger charge is 2.31. The normalized spacial score (nSPS) is 16.5. The summed E-state index contributed by atoms with van der Waals surface area (Å²) >= 11 is 0. The fourth-order valence-corrected chi connectivity index (χ4v) is 3.04. The molecule has 0 spiro atoms. The van der Waals surface area contributed by atoms with E-state index in [1.807, 2.05) is 17.0 Å². The molecule has 1 fully saturated rings. The summed E-state index contributed by atoms with van der Waals surface area (Å²) in [5.41, 5.74) is 0.971. The Balaban J connectivity index is 2.08. The summed E-state index contributed by atoms with van der Waals surface area (Å²) in [7, 11) is -3.52. The van der Waals surface area contributed by atoms with E-state index in [0.717, 1.165) is 37.5 Å². The minimum atomic E-state index is -3.52. The number of hydrogen-bond donors (Lipinski definition) is 0. The molecule has 5 nitrogen and oxygen atoms in total. The maximum absolute atomic E-state index is 12.6. The zero-order valence-corrected chi connectivity index (χ0v) is 14.8. The van der Waals surface area contributed by atoms with Gasteiger partial charge in [-0.1, -0.05) is 25.5 Å². The van der Waals surface area contributed by atoms with Crippen LogP contribution in [-0.2, 0) is 21.5 Å². The average molecular weight is 339 g/mol. The van der Waals surface area contributed by atoms with Crippen molar-refractivity contribution in [3.05, 3.63) is 29.8 Å². The topological polar surface area (TPSA) is 63.7 Å². The van der Waals surface area contributed by atoms with Crippen LogP contribution < -0.4 is 4.18 Å². The Hall–Kier alpha value is -1.56. The highest BCUT2D eigenvalue weighted by Crippen LogP contribution is 2.30. The number of nitrogens with zero attached hydrogens (tertiary/aromatic N) is 1. The molecule has 0 aromatic heterocycles. The third-order valence-electron chi connectivity index (χ3n) is 4.38. The van der Waals surface area contributed by atoms with Crippen molar-refractivity contribution in [2.45, 2.75) is 52.1 Å². The van der Waals surface area contributed by atoms with Gasteiger partial charge in [0.2, 0.25) is 5.91 Å². The van der Waals surface area contributed by atoms with Gasteiger partial charge in [-0.05, 0) is 43.9 Å². The van der Waals surface area contributed by atoms with E-state index in [-0.39, 0.29) is 23.6 Å². The number of carbonyl (C=O) groups excluding carboxylic acids is 1. The number of carbonyl (C=O) groups is 1. The Morgan fingerprint density at radius 1 is 1.30 bits per heavy atom. The lowest BCUT2D eigenvalue weighted by Crippen LogP contribution is -2.43. The SMILES string of the molecule is CC[C@@H](C)N(Cc1ccc(OS(C)(=O)=O)cc1)C(=O)C1CCC1. The number of benzene rings is 1. The third-order valence-corrected chi connectivity index (χ3v) is 4.88. The summed E-state index contributed by atoms with van der Waals surface area (Å²) in [6.45, 7) is 4.69. The van der Waals surface area contributed by atoms with E-state index in [4.69, 9.17) is 4.18 Å². The molecule has 1 atom stereocenters. The van der Waals surface area contributed by atoms with Gasteiger partial charge >= 0.3 is 10.1 Å². The summed E-state index contributed by atoms with van der Waals surface area (Å²) in [5, 5.41) is 0. The molecule has 1 aromatic rings. The lowest BCUT2D eigenvalue weighted by atomic mass is 9.84. The van der Waals surface area contributed by atoms with Crippen LogP contribution in [0.1, 0.15) is 45.1 Å². The Morgan fingerprint density at radius 2 is 1.91 bits per heavy atom. The molecule has 0 aliphatic heterocycles. The molecule has 1 aromatic carbocycles. The molecule has 0 N–H and O–H groups in total. The van der Waals surface area contributed by atoms with Crippen molar-refractivity contribution in [1.82, 2.24) is 4.90 Å². The standard InChI is InChI=1S/C17H25NO4S/c1-4-13(2)18(17(19)15-6-5-7-15)12-14-8-10-16(11-9-14)22-23(3,20)21/h8-11,13,15H,4-7,12H2,1-3H3/t13-/m1/s1. The first-order valence-electron chi connectivity index (χ1n) is 8.09. The van der Waals surface area contributed by atoms with Gasteiger partial charge in [0, 0.05) is 18.5 Å². The molecule has 1 amide bonds. The Kier molecular flexibility index (Phi) is 5.68. The largest absolute Gasteiger partial charge is 0.383 e. The summed E-state index contributed by atoms with van der Waals surface area (Å²) in [6.07, 6.45) is 5.05. The van der Waals surface area contributed by atoms with Crippen LogP contribution in [0, 0.1) is 5.92 Å². The van der Waals surface area contributed by atoms with Crippen LogP contribution in [0.25, 0.3) is 0 Å². The molecule has 0 unspecified atom stereocenters. The van der Waals surface area contributed by atoms with E-state index in [9.17, 15) is 13.2 Å². The van der Waals surface area contributed by atoms with Gasteiger partial charge < -0.3 is 9.08 Å². The van der Waals surface area contributed by atoms with Gasteiger partial charge in [0.15, 0.2) is 0 Å². The van der Waals surface area contributed by atoms with Gasteiger partial charge in [-0.3, -0.25) is 4.79 Å². The van der Waals surface area contributed by atoms with Crippen molar-refractivity contribution < 1.29 is 17.4 Å². The number of amides is 1. The lowest BCUT2D eigenvalue weighted by molar-refractivity contribution is -0.141. The molecule has 6 heteroatoms. The monoisotopic (exact) mass is 339 g/mol. The van der Waals surface area contributed by atoms with Gasteiger partial charge in [-0.2, -0.15) is 8.42 Å². The average Bonchev–Trinajstić information content (AvgIpc) is 2.42. The van der Waals surface area contributed by atoms with Crippen LogP contribution in [0.4, 0.5) is 0 Å². The summed E-state index contributed by atoms with van der Waals surface area (Å²) < 4.78 is 27.1. The second-order valence-electron chi connectivity index (χ2n) is 6.28. The van der Waals surface area contributed by atoms with E-state index in [2.05, 4.69) is 13.8 Å². The molecule has 0 bridgehead atoms. The Labute approximate surface area is 138 Å². The van der Waals surface area contributed by atoms with Crippen LogP contribution in [0.5, 0.6) is 5.75 Å². The first kappa shape index (κ1) is 17.8. The molecular formula is C17H25NO4S. The van der Waals surface area contributed by atoms with Gasteiger partial charge in [0.25, 0.3) is 0 Å². The zero-order chi connectivity index (χ0) is 17.0. The van der Waals surface area contributed by atoms with Crippen LogP contribution in [-0.4, -0.2) is 31.5 Å². The van der Waals surface area contributed by atoms with Gasteiger partial charge in [0.05, 0.1) is 6.26 Å². The van der Waals surface area contributed by atoms with Crippen molar-refractivity contribution in [3.63, 3.8) is 0 Å². The Morgan fingerprint density at radius 3 is 2.35 bits per heavy atom. The van der Waals surface area contributed by atoms with E-state index >= 15 is 0 Å². The zero-order valence-electron chi connectivity index (χ0n) is 14.0. The van der Waals surface area contributed by atoms with Gasteiger partial charge in [-0.25, -0.2) is 0 Å². The molecule has 1 aliphatic rings. The van der Waals surface area contributed by atoms with E-state index < -0.39 is 10.1 Å². The van der Waals surface area contributed by atoms with E-state index in [1.54, 1.807) is 12.1 Å². The van der Waals surface area contributed by atoms with Crippen molar-refractivity contribution in [2.24, 2.45) is 5.92 Å². The Bertz CT molecular complexity index is 635. The van der Waals surface area contributed by atoms with Crippen LogP contribution in [0.3, 0.4) is 0 Å². The molecule has 0 heterocycles. The second kappa shape index (κ2) is 7.34. The third kappa shape index (κ3) is 4.96. The van der Waals surface area contributed by atoms with Crippen molar-refractivity contribution >= 4 is 16.0 Å². The first-order chi connectivity index (χ1) is 10.8. The van der Waals surface area contributed by atoms with E-state index in [0.29, 0.717) is 6.54 Å². The van der Waals surface area contributed by atoms with Crippen LogP contribution >= 0.6 is 0 Å². The molecule has 128 valence electrons. The van der Waals surface area contributed by atoms with E-state index in [1.165, 1.54) is 0 Å². The fraction of sp³-hybridized carbons (Fsp3) is 0.588. The first-order valence-corrected chi connectivity index (χ1v) is 9.90. The maximum atomic E-state index is 12.6. The minimum absolute atomic E-state index is 0.178. The van der Waals surface area contributed by atoms with Crippen molar-refractivity contribution in [2.75, 3.05) is 6.26 Å². The maximum Gasteiger partial charge on any atom is 0.306 e. The molecule has 2 rings (SSSR count). The molecule has 0 radical (unpaired) electrons. The van der Waals surface area contributed by atoms with Crippen molar-refractivity contribution in [1.29, 1.82) is 0 Å². The van der Waals surface area contributed by atoms with Gasteiger partial charge in [0.1, 0.15) is 5.75 Å². The summed E-state index contributed by atoms with van der Waals surface area (Å²) in [5.74, 6) is 0.704. The fourth-order valence-electron chi connectivity index (χ4n) is 2.58. The minimum Gasteiger partial charge on any atom is -0.383 e. The predicted octanol–water partition coefficient (Wildman–Crippen LogP) is 2.95.